The molecular formula is C9H5Cl2F3O6S2. The van der Waals surface area contributed by atoms with Crippen LogP contribution in [0.5, 0.6) is 5.75 Å². The minimum absolute atomic E-state index is 0.139. The summed E-state index contributed by atoms with van der Waals surface area (Å²) in [4.78, 5) is 10.0. The van der Waals surface area contributed by atoms with Crippen molar-refractivity contribution in [1.29, 1.82) is 0 Å². The molecule has 0 spiro atoms. The molecule has 1 saturated heterocycles. The van der Waals surface area contributed by atoms with Gasteiger partial charge in [0, 0.05) is 16.1 Å². The quantitative estimate of drug-likeness (QED) is 0.439. The minimum Gasteiger partial charge on any atom is -0.414 e. The first kappa shape index (κ1) is 17.6. The number of hydrogen-bond acceptors (Lipinski definition) is 7. The third kappa shape index (κ3) is 3.96. The highest BCUT2D eigenvalue weighted by molar-refractivity contribution is 8.14. The maximum atomic E-state index is 12.2. The van der Waals surface area contributed by atoms with Gasteiger partial charge in [0.1, 0.15) is 4.88 Å². The summed E-state index contributed by atoms with van der Waals surface area (Å²) in [6.07, 6.45) is -5.02. The second kappa shape index (κ2) is 5.71. The molecule has 13 heteroatoms. The first-order valence-corrected chi connectivity index (χ1v) is 8.86. The predicted molar refractivity (Wildman–Crippen MR) is 68.6 cm³/mol. The van der Waals surface area contributed by atoms with Gasteiger partial charge in [-0.15, -0.1) is 24.5 Å². The van der Waals surface area contributed by atoms with Crippen molar-refractivity contribution in [3.05, 3.63) is 10.3 Å². The Bertz CT molecular complexity index is 695. The van der Waals surface area contributed by atoms with Crippen LogP contribution in [0.25, 0.3) is 0 Å². The van der Waals surface area contributed by atoms with Gasteiger partial charge >= 0.3 is 12.3 Å². The maximum absolute atomic E-state index is 12.2. The molecule has 0 amide bonds. The molecule has 0 aliphatic carbocycles. The van der Waals surface area contributed by atoms with Crippen molar-refractivity contribution in [2.24, 2.45) is 0 Å². The van der Waals surface area contributed by atoms with E-state index in [0.29, 0.717) is 16.7 Å². The van der Waals surface area contributed by atoms with E-state index in [9.17, 15) is 26.4 Å². The van der Waals surface area contributed by atoms with Crippen LogP contribution in [0, 0.1) is 0 Å². The fourth-order valence-electron chi connectivity index (χ4n) is 1.43. The molecule has 22 heavy (non-hydrogen) atoms. The molecule has 1 aromatic rings. The van der Waals surface area contributed by atoms with Crippen LogP contribution in [0.15, 0.2) is 10.3 Å². The molecule has 6 nitrogen and oxygen atoms in total. The van der Waals surface area contributed by atoms with Crippen molar-refractivity contribution in [2.75, 3.05) is 6.61 Å². The monoisotopic (exact) mass is 400 g/mol. The fraction of sp³-hybridized carbons (Fsp3) is 0.444. The number of thiophene rings is 1. The van der Waals surface area contributed by atoms with Gasteiger partial charge < -0.3 is 14.2 Å². The molecule has 1 aromatic heterocycles. The van der Waals surface area contributed by atoms with Crippen molar-refractivity contribution in [3.8, 4) is 5.75 Å². The van der Waals surface area contributed by atoms with E-state index in [4.69, 9.17) is 31.8 Å². The van der Waals surface area contributed by atoms with Crippen molar-refractivity contribution in [1.82, 2.24) is 0 Å². The molecule has 1 unspecified atom stereocenters. The van der Waals surface area contributed by atoms with E-state index in [-0.39, 0.29) is 13.0 Å². The highest BCUT2D eigenvalue weighted by atomic mass is 35.7. The number of hydrogen-bond donors (Lipinski definition) is 0. The molecule has 0 radical (unpaired) electrons. The lowest BCUT2D eigenvalue weighted by Gasteiger charge is -2.34. The van der Waals surface area contributed by atoms with Crippen molar-refractivity contribution < 1.29 is 40.6 Å². The lowest BCUT2D eigenvalue weighted by molar-refractivity contribution is -0.275. The number of halogens is 5. The van der Waals surface area contributed by atoms with Crippen LogP contribution in [0.4, 0.5) is 13.2 Å². The first-order valence-electron chi connectivity index (χ1n) is 5.29. The Morgan fingerprint density at radius 2 is 2.05 bits per heavy atom. The summed E-state index contributed by atoms with van der Waals surface area (Å²) < 4.78 is 72.6. The molecule has 1 aliphatic rings. The van der Waals surface area contributed by atoms with E-state index in [1.807, 2.05) is 0 Å². The van der Waals surface area contributed by atoms with Gasteiger partial charge in [-0.2, -0.15) is 0 Å². The molecule has 0 saturated carbocycles. The summed E-state index contributed by atoms with van der Waals surface area (Å²) >= 11 is 6.03. The van der Waals surface area contributed by atoms with Crippen molar-refractivity contribution in [3.63, 3.8) is 0 Å². The summed E-state index contributed by atoms with van der Waals surface area (Å²) in [5.41, 5.74) is 0. The van der Waals surface area contributed by atoms with Gasteiger partial charge in [0.2, 0.25) is 0 Å². The van der Waals surface area contributed by atoms with Gasteiger partial charge in [0.05, 0.1) is 13.0 Å². The number of alkyl halides is 4. The van der Waals surface area contributed by atoms with Gasteiger partial charge in [0.25, 0.3) is 14.3 Å². The van der Waals surface area contributed by atoms with E-state index >= 15 is 0 Å². The molecule has 124 valence electrons. The lowest BCUT2D eigenvalue weighted by atomic mass is 10.3. The number of carbonyl (C=O) groups excluding carboxylic acids is 1. The predicted octanol–water partition coefficient (Wildman–Crippen LogP) is 3.04. The number of esters is 1. The van der Waals surface area contributed by atoms with Crippen LogP contribution in [0.2, 0.25) is 0 Å². The topological polar surface area (TPSA) is 78.9 Å². The Hall–Kier alpha value is -0.750. The Labute approximate surface area is 135 Å². The number of carbonyl (C=O) groups is 1. The summed E-state index contributed by atoms with van der Waals surface area (Å²) in [6.45, 7) is 0.213. The average molecular weight is 401 g/mol. The molecular weight excluding hydrogens is 396 g/mol. The summed E-state index contributed by atoms with van der Waals surface area (Å²) in [5.74, 6) is -2.42. The normalized spacial score (nSPS) is 22.0. The van der Waals surface area contributed by atoms with E-state index < -0.39 is 42.2 Å². The van der Waals surface area contributed by atoms with Crippen molar-refractivity contribution >= 4 is 48.6 Å². The maximum Gasteiger partial charge on any atom is 0.573 e. The van der Waals surface area contributed by atoms with Crippen LogP contribution in [0.1, 0.15) is 16.1 Å². The van der Waals surface area contributed by atoms with Crippen LogP contribution >= 0.6 is 33.6 Å². The van der Waals surface area contributed by atoms with E-state index in [2.05, 4.69) is 4.74 Å². The van der Waals surface area contributed by atoms with Crippen molar-refractivity contribution in [2.45, 2.75) is 22.9 Å². The second-order valence-electron chi connectivity index (χ2n) is 3.89. The molecule has 2 rings (SSSR count). The van der Waals surface area contributed by atoms with Crippen LogP contribution in [-0.2, 0) is 18.5 Å². The second-order valence-corrected chi connectivity index (χ2v) is 7.85. The highest BCUT2D eigenvalue weighted by Gasteiger charge is 2.43. The van der Waals surface area contributed by atoms with Crippen LogP contribution in [-0.4, -0.2) is 32.6 Å². The average Bonchev–Trinajstić information content (AvgIpc) is 2.67. The fourth-order valence-corrected chi connectivity index (χ4v) is 4.18. The highest BCUT2D eigenvalue weighted by Crippen LogP contribution is 2.41. The van der Waals surface area contributed by atoms with Crippen LogP contribution < -0.4 is 4.74 Å². The smallest absolute Gasteiger partial charge is 0.414 e. The van der Waals surface area contributed by atoms with E-state index in [1.165, 1.54) is 0 Å². The standard InChI is InChI=1S/C9H5Cl2F3O6S2/c10-8(1-2-18-8)20-7(15)5-6(22(11,16)17)4(3-21-5)19-9(12,13)14/h3H,1-2H2. The summed E-state index contributed by atoms with van der Waals surface area (Å²) in [7, 11) is 0.352. The number of ether oxygens (including phenoxy) is 3. The third-order valence-electron chi connectivity index (χ3n) is 2.33. The lowest BCUT2D eigenvalue weighted by Crippen LogP contribution is -2.42. The summed E-state index contributed by atoms with van der Waals surface area (Å²) in [5, 5.41) is -1.10. The molecule has 0 aromatic carbocycles. The Kier molecular flexibility index (Phi) is 4.57. The molecule has 2 heterocycles. The molecule has 1 aliphatic heterocycles. The molecule has 1 fully saturated rings. The van der Waals surface area contributed by atoms with Gasteiger partial charge in [-0.05, 0) is 11.6 Å². The third-order valence-corrected chi connectivity index (χ3v) is 5.13. The molecule has 1 atom stereocenters. The van der Waals surface area contributed by atoms with Gasteiger partial charge in [0.15, 0.2) is 10.6 Å². The van der Waals surface area contributed by atoms with Crippen LogP contribution in [0.3, 0.4) is 0 Å². The Balaban J connectivity index is 2.37. The summed E-state index contributed by atoms with van der Waals surface area (Å²) in [6, 6.07) is 0. The Morgan fingerprint density at radius 3 is 2.45 bits per heavy atom. The largest absolute Gasteiger partial charge is 0.573 e. The van der Waals surface area contributed by atoms with E-state index in [0.717, 1.165) is 0 Å². The molecule has 0 bridgehead atoms. The number of rotatable bonds is 4. The van der Waals surface area contributed by atoms with E-state index in [1.54, 1.807) is 0 Å². The zero-order chi connectivity index (χ0) is 16.8. The molecule has 0 N–H and O–H groups in total. The zero-order valence-corrected chi connectivity index (χ0v) is 13.3. The minimum atomic E-state index is -5.16. The SMILES string of the molecule is O=C(OC1(Cl)CCO1)c1scc(OC(F)(F)F)c1S(=O)(=O)Cl. The van der Waals surface area contributed by atoms with Gasteiger partial charge in [-0.1, -0.05) is 0 Å². The Morgan fingerprint density at radius 1 is 1.45 bits per heavy atom. The van der Waals surface area contributed by atoms with Gasteiger partial charge in [-0.3, -0.25) is 0 Å². The van der Waals surface area contributed by atoms with Gasteiger partial charge in [-0.25, -0.2) is 13.2 Å². The zero-order valence-electron chi connectivity index (χ0n) is 10.1. The first-order chi connectivity index (χ1) is 9.91.